The molecule has 0 aliphatic heterocycles. The monoisotopic (exact) mass is 364 g/mol. The zero-order valence-electron chi connectivity index (χ0n) is 14.2. The molecule has 25 heavy (non-hydrogen) atoms. The highest BCUT2D eigenvalue weighted by molar-refractivity contribution is 6.32. The van der Waals surface area contributed by atoms with Gasteiger partial charge in [-0.1, -0.05) is 31.4 Å². The second kappa shape index (κ2) is 9.68. The maximum atomic E-state index is 11.3. The molecule has 134 valence electrons. The molecule has 0 spiro atoms. The largest absolute Gasteiger partial charge is 0.493 e. The number of ether oxygens (including phenoxy) is 2. The van der Waals surface area contributed by atoms with Gasteiger partial charge in [-0.3, -0.25) is 10.2 Å². The van der Waals surface area contributed by atoms with Crippen LogP contribution in [0.4, 0.5) is 5.69 Å². The van der Waals surface area contributed by atoms with Gasteiger partial charge in [0, 0.05) is 0 Å². The molecular weight excluding hydrogens is 344 g/mol. The lowest BCUT2D eigenvalue weighted by Crippen LogP contribution is -2.10. The number of hydrogen-bond donors (Lipinski definition) is 2. The number of benzene rings is 1. The number of nitrogens with zero attached hydrogens (tertiary/aromatic N) is 2. The summed E-state index contributed by atoms with van der Waals surface area (Å²) >= 11 is 5.86. The third kappa shape index (κ3) is 5.49. The van der Waals surface area contributed by atoms with Crippen molar-refractivity contribution in [3.63, 3.8) is 0 Å². The normalized spacial score (nSPS) is 10.8. The number of aromatic nitrogens is 2. The predicted molar refractivity (Wildman–Crippen MR) is 99.1 cm³/mol. The van der Waals surface area contributed by atoms with Crippen LogP contribution < -0.4 is 20.5 Å². The van der Waals surface area contributed by atoms with Gasteiger partial charge < -0.3 is 9.47 Å². The Bertz CT molecular complexity index is 777. The van der Waals surface area contributed by atoms with Crippen molar-refractivity contribution in [1.29, 1.82) is 0 Å². The van der Waals surface area contributed by atoms with E-state index >= 15 is 0 Å². The van der Waals surface area contributed by atoms with E-state index in [1.165, 1.54) is 6.20 Å². The minimum Gasteiger partial charge on any atom is -0.493 e. The summed E-state index contributed by atoms with van der Waals surface area (Å²) in [6.07, 6.45) is 6.27. The maximum absolute atomic E-state index is 11.3. The fraction of sp³-hybridized carbons (Fsp3) is 0.353. The van der Waals surface area contributed by atoms with Gasteiger partial charge in [0.05, 0.1) is 26.1 Å². The van der Waals surface area contributed by atoms with Crippen molar-refractivity contribution >= 4 is 23.5 Å². The SMILES string of the molecule is CCCCCOc1ccc(/C=N\Nc2cn[nH]c(=O)c2Cl)cc1OC. The number of rotatable bonds is 9. The number of aromatic amines is 1. The minimum atomic E-state index is -0.479. The number of hydrazone groups is 1. The first-order chi connectivity index (χ1) is 12.2. The number of H-pyrrole nitrogens is 1. The molecule has 0 fully saturated rings. The molecule has 0 saturated carbocycles. The van der Waals surface area contributed by atoms with Crippen LogP contribution in [0.2, 0.25) is 5.02 Å². The molecule has 7 nitrogen and oxygen atoms in total. The first-order valence-corrected chi connectivity index (χ1v) is 8.36. The van der Waals surface area contributed by atoms with Crippen LogP contribution >= 0.6 is 11.6 Å². The quantitative estimate of drug-likeness (QED) is 0.404. The Balaban J connectivity index is 2.02. The molecule has 0 aliphatic carbocycles. The number of hydrogen-bond acceptors (Lipinski definition) is 6. The van der Waals surface area contributed by atoms with Gasteiger partial charge in [-0.25, -0.2) is 5.10 Å². The van der Waals surface area contributed by atoms with Crippen molar-refractivity contribution in [2.75, 3.05) is 19.1 Å². The molecule has 0 amide bonds. The van der Waals surface area contributed by atoms with Gasteiger partial charge in [-0.15, -0.1) is 0 Å². The number of methoxy groups -OCH3 is 1. The Labute approximate surface area is 151 Å². The molecule has 1 aromatic heterocycles. The van der Waals surface area contributed by atoms with Crippen LogP contribution in [0.25, 0.3) is 0 Å². The van der Waals surface area contributed by atoms with Crippen molar-refractivity contribution in [3.05, 3.63) is 45.3 Å². The van der Waals surface area contributed by atoms with Gasteiger partial charge in [0.15, 0.2) is 11.5 Å². The third-order valence-electron chi connectivity index (χ3n) is 3.39. The van der Waals surface area contributed by atoms with E-state index < -0.39 is 5.56 Å². The van der Waals surface area contributed by atoms with E-state index in [2.05, 4.69) is 27.6 Å². The van der Waals surface area contributed by atoms with Crippen LogP contribution in [0.5, 0.6) is 11.5 Å². The lowest BCUT2D eigenvalue weighted by atomic mass is 10.2. The van der Waals surface area contributed by atoms with Crippen LogP contribution in [-0.2, 0) is 0 Å². The summed E-state index contributed by atoms with van der Waals surface area (Å²) < 4.78 is 11.1. The van der Waals surface area contributed by atoms with E-state index in [1.807, 2.05) is 18.2 Å². The Morgan fingerprint density at radius 1 is 1.36 bits per heavy atom. The zero-order chi connectivity index (χ0) is 18.1. The molecular formula is C17H21ClN4O3. The molecule has 0 saturated heterocycles. The molecule has 1 aromatic carbocycles. The first kappa shape index (κ1) is 18.8. The van der Waals surface area contributed by atoms with Gasteiger partial charge in [0.1, 0.15) is 10.7 Å². The van der Waals surface area contributed by atoms with Crippen molar-refractivity contribution in [2.45, 2.75) is 26.2 Å². The summed E-state index contributed by atoms with van der Waals surface area (Å²) in [5.74, 6) is 1.34. The number of nitrogens with one attached hydrogen (secondary N) is 2. The first-order valence-electron chi connectivity index (χ1n) is 7.98. The van der Waals surface area contributed by atoms with Crippen LogP contribution in [0.3, 0.4) is 0 Å². The van der Waals surface area contributed by atoms with E-state index in [0.717, 1.165) is 24.8 Å². The highest BCUT2D eigenvalue weighted by Gasteiger charge is 2.06. The average Bonchev–Trinajstić information content (AvgIpc) is 2.63. The summed E-state index contributed by atoms with van der Waals surface area (Å²) in [5, 5.41) is 9.95. The number of unbranched alkanes of at least 4 members (excludes halogenated alkanes) is 2. The molecule has 0 aliphatic rings. The second-order valence-corrected chi connectivity index (χ2v) is 5.64. The topological polar surface area (TPSA) is 88.6 Å². The predicted octanol–water partition coefficient (Wildman–Crippen LogP) is 3.45. The zero-order valence-corrected chi connectivity index (χ0v) is 15.0. The molecule has 0 unspecified atom stereocenters. The van der Waals surface area contributed by atoms with Crippen molar-refractivity contribution in [2.24, 2.45) is 5.10 Å². The van der Waals surface area contributed by atoms with Gasteiger partial charge >= 0.3 is 0 Å². The van der Waals surface area contributed by atoms with Gasteiger partial charge in [-0.2, -0.15) is 10.2 Å². The molecule has 2 aromatic rings. The lowest BCUT2D eigenvalue weighted by Gasteiger charge is -2.11. The van der Waals surface area contributed by atoms with Gasteiger partial charge in [0.2, 0.25) is 0 Å². The summed E-state index contributed by atoms with van der Waals surface area (Å²) in [7, 11) is 1.59. The lowest BCUT2D eigenvalue weighted by molar-refractivity contribution is 0.286. The minimum absolute atomic E-state index is 0.000516. The molecule has 2 rings (SSSR count). The van der Waals surface area contributed by atoms with E-state index in [-0.39, 0.29) is 5.02 Å². The summed E-state index contributed by atoms with van der Waals surface area (Å²) in [6.45, 7) is 2.81. The van der Waals surface area contributed by atoms with Gasteiger partial charge in [0.25, 0.3) is 5.56 Å². The Morgan fingerprint density at radius 2 is 2.20 bits per heavy atom. The summed E-state index contributed by atoms with van der Waals surface area (Å²) in [5.41, 5.74) is 3.34. The van der Waals surface area contributed by atoms with E-state index in [1.54, 1.807) is 13.3 Å². The molecule has 1 heterocycles. The highest BCUT2D eigenvalue weighted by atomic mass is 35.5. The van der Waals surface area contributed by atoms with Crippen molar-refractivity contribution < 1.29 is 9.47 Å². The molecule has 0 radical (unpaired) electrons. The molecule has 0 atom stereocenters. The summed E-state index contributed by atoms with van der Waals surface area (Å²) in [6, 6.07) is 5.52. The molecule has 2 N–H and O–H groups in total. The fourth-order valence-corrected chi connectivity index (χ4v) is 2.19. The van der Waals surface area contributed by atoms with Crippen LogP contribution in [0, 0.1) is 0 Å². The van der Waals surface area contributed by atoms with Crippen molar-refractivity contribution in [1.82, 2.24) is 10.2 Å². The molecule has 8 heteroatoms. The fourth-order valence-electron chi connectivity index (χ4n) is 2.06. The average molecular weight is 365 g/mol. The Kier molecular flexibility index (Phi) is 7.28. The van der Waals surface area contributed by atoms with E-state index in [4.69, 9.17) is 21.1 Å². The summed E-state index contributed by atoms with van der Waals surface area (Å²) in [4.78, 5) is 11.3. The highest BCUT2D eigenvalue weighted by Crippen LogP contribution is 2.27. The van der Waals surface area contributed by atoms with Crippen LogP contribution in [0.1, 0.15) is 31.7 Å². The van der Waals surface area contributed by atoms with Gasteiger partial charge in [-0.05, 0) is 30.2 Å². The third-order valence-corrected chi connectivity index (χ3v) is 3.76. The Morgan fingerprint density at radius 3 is 2.96 bits per heavy atom. The number of anilines is 1. The standard InChI is InChI=1S/C17H21ClN4O3/c1-3-4-5-8-25-14-7-6-12(9-15(14)24-2)10-19-21-13-11-20-22-17(23)16(13)18/h6-7,9-11H,3-5,8H2,1-2H3,(H2,21,22,23)/b19-10-. The molecule has 0 bridgehead atoms. The Hall–Kier alpha value is -2.54. The van der Waals surface area contributed by atoms with Crippen LogP contribution in [-0.4, -0.2) is 30.1 Å². The van der Waals surface area contributed by atoms with Crippen LogP contribution in [0.15, 0.2) is 34.3 Å². The maximum Gasteiger partial charge on any atom is 0.285 e. The smallest absolute Gasteiger partial charge is 0.285 e. The van der Waals surface area contributed by atoms with Crippen molar-refractivity contribution in [3.8, 4) is 11.5 Å². The van der Waals surface area contributed by atoms with E-state index in [9.17, 15) is 4.79 Å². The van der Waals surface area contributed by atoms with E-state index in [0.29, 0.717) is 23.8 Å². The second-order valence-electron chi connectivity index (χ2n) is 5.26. The number of halogens is 1.